The summed E-state index contributed by atoms with van der Waals surface area (Å²) in [6.07, 6.45) is 0. The van der Waals surface area contributed by atoms with Crippen molar-refractivity contribution in [3.05, 3.63) is 87.8 Å². The third-order valence-corrected chi connectivity index (χ3v) is 7.71. The Kier molecular flexibility index (Phi) is 6.23. The molecule has 0 amide bonds. The summed E-state index contributed by atoms with van der Waals surface area (Å²) in [7, 11) is 0. The Morgan fingerprint density at radius 2 is 0.594 bits per heavy atom. The van der Waals surface area contributed by atoms with E-state index in [0.717, 1.165) is 0 Å². The van der Waals surface area contributed by atoms with Gasteiger partial charge in [0, 0.05) is 12.1 Å². The molecule has 0 heterocycles. The molecule has 0 nitrogen and oxygen atoms in total. The Hall–Kier alpha value is -2.72. The summed E-state index contributed by atoms with van der Waals surface area (Å²) in [4.78, 5) is 0. The number of rotatable bonds is 3. The Bertz CT molecular complexity index is 1180. The number of hydrogen-bond acceptors (Lipinski definition) is 0. The van der Waals surface area contributed by atoms with E-state index in [1.165, 1.54) is 0 Å². The minimum absolute atomic E-state index is 0.435. The van der Waals surface area contributed by atoms with Crippen molar-refractivity contribution >= 4 is 27.4 Å². The molecule has 32 heavy (non-hydrogen) atoms. The molecule has 0 fully saturated rings. The lowest BCUT2D eigenvalue weighted by Gasteiger charge is -2.19. The summed E-state index contributed by atoms with van der Waals surface area (Å²) in [5.41, 5.74) is 0. The minimum atomic E-state index is -5.43. The molecule has 0 aliphatic carbocycles. The van der Waals surface area contributed by atoms with E-state index in [9.17, 15) is 57.1 Å². The number of hydrogen-bond donors (Lipinski definition) is 0. The topological polar surface area (TPSA) is 0 Å². The molecule has 0 bridgehead atoms. The van der Waals surface area contributed by atoms with Crippen LogP contribution >= 0.6 is 0 Å². The van der Waals surface area contributed by atoms with Gasteiger partial charge in [-0.05, 0) is 13.3 Å². The van der Waals surface area contributed by atoms with Gasteiger partial charge in [0.05, 0.1) is 0 Å². The van der Waals surface area contributed by atoms with Crippen molar-refractivity contribution < 1.29 is 57.1 Å². The third-order valence-electron chi connectivity index (χ3n) is 4.41. The summed E-state index contributed by atoms with van der Waals surface area (Å²) in [6.45, 7) is 0. The molecule has 0 spiro atoms. The smallest absolute Gasteiger partial charge is 0.208 e. The van der Waals surface area contributed by atoms with Crippen LogP contribution in [0, 0.1) is 75.6 Å². The van der Waals surface area contributed by atoms with Crippen molar-refractivity contribution in [2.45, 2.75) is 0 Å². The van der Waals surface area contributed by atoms with E-state index < -0.39 is 115 Å². The van der Waals surface area contributed by atoms with Crippen molar-refractivity contribution in [2.75, 3.05) is 0 Å². The highest BCUT2D eigenvalue weighted by molar-refractivity contribution is 6.95. The van der Waals surface area contributed by atoms with Crippen molar-refractivity contribution in [1.29, 1.82) is 0 Å². The van der Waals surface area contributed by atoms with Gasteiger partial charge in [0.15, 0.2) is 64.0 Å². The van der Waals surface area contributed by atoms with Gasteiger partial charge in [-0.1, -0.05) is 0 Å². The van der Waals surface area contributed by atoms with Gasteiger partial charge >= 0.3 is 14.1 Å². The average molecular weight is 492 g/mol. The van der Waals surface area contributed by atoms with Crippen LogP contribution in [0.1, 0.15) is 0 Å². The molecule has 0 radical (unpaired) electrons. The van der Waals surface area contributed by atoms with E-state index in [2.05, 4.69) is 0 Å². The first-order valence-electron chi connectivity index (χ1n) is 7.98. The molecule has 3 aromatic rings. The minimum Gasteiger partial charge on any atom is -0.208 e. The fourth-order valence-corrected chi connectivity index (χ4v) is 6.10. The second kappa shape index (κ2) is 8.33. The molecule has 0 saturated heterocycles. The van der Waals surface area contributed by atoms with Crippen LogP contribution in [0.15, 0.2) is 12.1 Å². The van der Waals surface area contributed by atoms with Crippen LogP contribution in [0.5, 0.6) is 0 Å². The largest absolute Gasteiger partial charge is 0.412 e. The van der Waals surface area contributed by atoms with Gasteiger partial charge < -0.3 is 0 Å². The van der Waals surface area contributed by atoms with Gasteiger partial charge in [-0.15, -0.1) is 0 Å². The second-order valence-electron chi connectivity index (χ2n) is 6.18. The predicted molar refractivity (Wildman–Crippen MR) is 83.4 cm³/mol. The lowest BCUT2D eigenvalue weighted by atomic mass is 10.3. The zero-order valence-corrected chi connectivity index (χ0v) is 15.8. The monoisotopic (exact) mass is 492 g/mol. The first kappa shape index (κ1) is 23.9. The second-order valence-corrected chi connectivity index (χ2v) is 8.78. The molecule has 0 N–H and O–H groups in total. The summed E-state index contributed by atoms with van der Waals surface area (Å²) in [5, 5.41) is 0. The van der Waals surface area contributed by atoms with Crippen LogP contribution in [0.25, 0.3) is 0 Å². The SMILES string of the molecule is Fc1cc(F)[c]([Al]([c]2c(F)cc(F)c(F)c2F)[c]2c(F)c(F)c(F)c(F)c2F)c(F)c1F. The van der Waals surface area contributed by atoms with E-state index in [1.807, 2.05) is 0 Å². The van der Waals surface area contributed by atoms with E-state index in [1.54, 1.807) is 0 Å². The van der Waals surface area contributed by atoms with Crippen LogP contribution in [0.4, 0.5) is 57.1 Å². The quantitative estimate of drug-likeness (QED) is 0.225. The first-order chi connectivity index (χ1) is 14.8. The number of halogens is 13. The van der Waals surface area contributed by atoms with Crippen molar-refractivity contribution in [3.63, 3.8) is 0 Å². The molecule has 3 rings (SSSR count). The molecule has 14 heteroatoms. The van der Waals surface area contributed by atoms with Crippen molar-refractivity contribution in [2.24, 2.45) is 0 Å². The van der Waals surface area contributed by atoms with Gasteiger partial charge in [0.2, 0.25) is 0 Å². The van der Waals surface area contributed by atoms with E-state index in [4.69, 9.17) is 0 Å². The summed E-state index contributed by atoms with van der Waals surface area (Å²) in [6, 6.07) is -0.870. The average Bonchev–Trinajstić information content (AvgIpc) is 2.73. The maximum atomic E-state index is 14.4. The van der Waals surface area contributed by atoms with Crippen LogP contribution < -0.4 is 13.3 Å². The Morgan fingerprint density at radius 3 is 0.938 bits per heavy atom. The molecule has 0 aromatic heterocycles. The van der Waals surface area contributed by atoms with Gasteiger partial charge in [0.25, 0.3) is 0 Å². The summed E-state index contributed by atoms with van der Waals surface area (Å²) >= 11 is -5.43. The van der Waals surface area contributed by atoms with Gasteiger partial charge in [-0.25, -0.2) is 57.1 Å². The Balaban J connectivity index is 2.60. The van der Waals surface area contributed by atoms with E-state index in [-0.39, 0.29) is 0 Å². The van der Waals surface area contributed by atoms with Crippen molar-refractivity contribution in [1.82, 2.24) is 0 Å². The molecule has 0 saturated carbocycles. The normalized spacial score (nSPS) is 11.3. The molecule has 3 aromatic carbocycles. The van der Waals surface area contributed by atoms with Gasteiger partial charge in [-0.3, -0.25) is 0 Å². The van der Waals surface area contributed by atoms with Gasteiger partial charge in [-0.2, -0.15) is 0 Å². The fraction of sp³-hybridized carbons (Fsp3) is 0. The zero-order valence-electron chi connectivity index (χ0n) is 14.6. The van der Waals surface area contributed by atoms with Crippen LogP contribution in [-0.2, 0) is 0 Å². The highest BCUT2D eigenvalue weighted by atomic mass is 27.2. The molecule has 0 aliphatic rings. The van der Waals surface area contributed by atoms with E-state index in [0.29, 0.717) is 0 Å². The highest BCUT2D eigenvalue weighted by Crippen LogP contribution is 2.21. The lowest BCUT2D eigenvalue weighted by molar-refractivity contribution is 0.384. The summed E-state index contributed by atoms with van der Waals surface area (Å²) in [5.74, 6) is -33.1. The van der Waals surface area contributed by atoms with E-state index >= 15 is 0 Å². The summed E-state index contributed by atoms with van der Waals surface area (Å²) < 4.78 is 175. The number of benzene rings is 3. The highest BCUT2D eigenvalue weighted by Gasteiger charge is 2.44. The van der Waals surface area contributed by atoms with Crippen molar-refractivity contribution in [3.8, 4) is 0 Å². The maximum absolute atomic E-state index is 14.4. The van der Waals surface area contributed by atoms with Crippen LogP contribution in [-0.4, -0.2) is 14.1 Å². The Labute approximate surface area is 172 Å². The third kappa shape index (κ3) is 3.51. The van der Waals surface area contributed by atoms with Crippen LogP contribution in [0.3, 0.4) is 0 Å². The molecule has 0 aliphatic heterocycles. The zero-order chi connectivity index (χ0) is 24.2. The molecule has 0 unspecified atom stereocenters. The molecule has 168 valence electrons. The Morgan fingerprint density at radius 1 is 0.312 bits per heavy atom. The predicted octanol–water partition coefficient (Wildman–Crippen LogP) is 4.01. The lowest BCUT2D eigenvalue weighted by Crippen LogP contribution is -2.60. The molecular weight excluding hydrogens is 490 g/mol. The maximum Gasteiger partial charge on any atom is 0.412 e. The fourth-order valence-electron chi connectivity index (χ4n) is 3.00. The molecule has 0 atom stereocenters. The first-order valence-corrected chi connectivity index (χ1v) is 9.71. The van der Waals surface area contributed by atoms with Gasteiger partial charge in [0.1, 0.15) is 11.6 Å². The van der Waals surface area contributed by atoms with Crippen LogP contribution in [0.2, 0.25) is 0 Å². The standard InChI is InChI=1S/C6F5.2C6HF4.Al/c7-2-1-3(8)5(10)6(11)4(2)9;2*7-3-1-4(8)6(10)5(9)2-3;/h;2*1H;. The molecular formula is C18H2AlF13.